The Morgan fingerprint density at radius 1 is 1.27 bits per heavy atom. The molecule has 8 nitrogen and oxygen atoms in total. The van der Waals surface area contributed by atoms with E-state index in [-0.39, 0.29) is 17.0 Å². The second-order valence-corrected chi connectivity index (χ2v) is 9.77. The van der Waals surface area contributed by atoms with Gasteiger partial charge in [0, 0.05) is 42.4 Å². The molecule has 2 aromatic carbocycles. The van der Waals surface area contributed by atoms with E-state index in [1.807, 2.05) is 19.2 Å². The van der Waals surface area contributed by atoms with Gasteiger partial charge in [-0.3, -0.25) is 9.69 Å². The van der Waals surface area contributed by atoms with Crippen molar-refractivity contribution in [3.63, 3.8) is 0 Å². The fraction of sp³-hybridized carbons (Fsp3) is 0.370. The monoisotopic (exact) mass is 525 g/mol. The highest BCUT2D eigenvalue weighted by Crippen LogP contribution is 2.36. The van der Waals surface area contributed by atoms with Crippen molar-refractivity contribution in [3.05, 3.63) is 59.7 Å². The summed E-state index contributed by atoms with van der Waals surface area (Å²) in [4.78, 5) is 23.8. The summed E-state index contributed by atoms with van der Waals surface area (Å²) in [7, 11) is 2.03. The number of benzene rings is 2. The van der Waals surface area contributed by atoms with Crippen LogP contribution in [0.2, 0.25) is 5.02 Å². The van der Waals surface area contributed by atoms with Crippen LogP contribution >= 0.6 is 11.6 Å². The van der Waals surface area contributed by atoms with Crippen LogP contribution in [0.25, 0.3) is 10.9 Å². The number of likely N-dealkylation sites (N-methyl/N-ethyl adjacent to an activating group) is 1. The van der Waals surface area contributed by atoms with E-state index in [1.165, 1.54) is 24.5 Å². The van der Waals surface area contributed by atoms with Gasteiger partial charge in [0.1, 0.15) is 23.7 Å². The topological polar surface area (TPSA) is 88.6 Å². The number of ether oxygens (including phenoxy) is 2. The molecule has 3 aromatic rings. The number of nitrogens with zero attached hydrogens (tertiary/aromatic N) is 3. The number of hydrogen-bond acceptors (Lipinski definition) is 7. The van der Waals surface area contributed by atoms with Crippen LogP contribution < -0.4 is 15.4 Å². The lowest BCUT2D eigenvalue weighted by Gasteiger charge is -2.27. The summed E-state index contributed by atoms with van der Waals surface area (Å²) in [5.74, 6) is 0.298. The molecule has 0 bridgehead atoms. The highest BCUT2D eigenvalue weighted by Gasteiger charge is 2.22. The maximum absolute atomic E-state index is 13.6. The lowest BCUT2D eigenvalue weighted by Crippen LogP contribution is -2.32. The molecule has 37 heavy (non-hydrogen) atoms. The number of rotatable bonds is 9. The molecule has 1 amide bonds. The predicted octanol–water partition coefficient (Wildman–Crippen LogP) is 5.31. The maximum Gasteiger partial charge on any atom is 0.248 e. The molecule has 194 valence electrons. The van der Waals surface area contributed by atoms with E-state index >= 15 is 0 Å². The Balaban J connectivity index is 1.38. The first kappa shape index (κ1) is 25.4. The molecule has 0 spiro atoms. The first-order chi connectivity index (χ1) is 18.0. The van der Waals surface area contributed by atoms with Gasteiger partial charge in [-0.2, -0.15) is 0 Å². The summed E-state index contributed by atoms with van der Waals surface area (Å²) in [6, 6.07) is 8.33. The Bertz CT molecular complexity index is 1310. The minimum atomic E-state index is -0.502. The van der Waals surface area contributed by atoms with Gasteiger partial charge in [0.2, 0.25) is 5.91 Å². The third-order valence-electron chi connectivity index (χ3n) is 6.71. The van der Waals surface area contributed by atoms with Crippen LogP contribution in [0, 0.1) is 5.82 Å². The summed E-state index contributed by atoms with van der Waals surface area (Å²) >= 11 is 5.94. The van der Waals surface area contributed by atoms with Crippen LogP contribution in [0.5, 0.6) is 5.75 Å². The molecule has 1 aliphatic heterocycles. The number of carbonyl (C=O) groups is 1. The molecule has 2 fully saturated rings. The number of fused-ring (bicyclic) bond motifs is 1. The molecule has 10 heteroatoms. The quantitative estimate of drug-likeness (QED) is 0.366. The average Bonchev–Trinajstić information content (AvgIpc) is 3.39. The zero-order valence-corrected chi connectivity index (χ0v) is 21.3. The normalized spacial score (nSPS) is 17.9. The molecular weight excluding hydrogens is 497 g/mol. The molecule has 2 N–H and O–H groups in total. The van der Waals surface area contributed by atoms with Gasteiger partial charge in [-0.25, -0.2) is 14.4 Å². The van der Waals surface area contributed by atoms with E-state index in [0.29, 0.717) is 46.4 Å². The summed E-state index contributed by atoms with van der Waals surface area (Å²) in [6.45, 7) is 2.14. The Morgan fingerprint density at radius 2 is 2.14 bits per heavy atom. The molecule has 0 unspecified atom stereocenters. The molecule has 1 aliphatic carbocycles. The molecule has 1 saturated carbocycles. The Morgan fingerprint density at radius 3 is 2.86 bits per heavy atom. The highest BCUT2D eigenvalue weighted by atomic mass is 35.5. The van der Waals surface area contributed by atoms with Crippen LogP contribution in [-0.4, -0.2) is 59.7 Å². The second kappa shape index (κ2) is 11.4. The van der Waals surface area contributed by atoms with Crippen LogP contribution in [0.1, 0.15) is 25.7 Å². The van der Waals surface area contributed by atoms with E-state index in [0.717, 1.165) is 38.9 Å². The molecule has 2 aliphatic rings. The molecule has 2 heterocycles. The molecule has 0 radical (unpaired) electrons. The lowest BCUT2D eigenvalue weighted by molar-refractivity contribution is -0.111. The molecule has 5 rings (SSSR count). The van der Waals surface area contributed by atoms with E-state index in [9.17, 15) is 9.18 Å². The molecule has 1 saturated heterocycles. The van der Waals surface area contributed by atoms with Crippen molar-refractivity contribution in [2.75, 3.05) is 37.4 Å². The number of anilines is 3. The summed E-state index contributed by atoms with van der Waals surface area (Å²) < 4.78 is 25.2. The zero-order chi connectivity index (χ0) is 25.8. The van der Waals surface area contributed by atoms with Crippen molar-refractivity contribution in [2.24, 2.45) is 0 Å². The minimum Gasteiger partial charge on any atom is -0.488 e. The molecule has 1 aromatic heterocycles. The Kier molecular flexibility index (Phi) is 7.83. The van der Waals surface area contributed by atoms with Crippen molar-refractivity contribution in [1.82, 2.24) is 14.9 Å². The number of amides is 1. The van der Waals surface area contributed by atoms with Crippen LogP contribution in [0.3, 0.4) is 0 Å². The van der Waals surface area contributed by atoms with Gasteiger partial charge < -0.3 is 20.1 Å². The number of hydrogen-bond donors (Lipinski definition) is 2. The Hall–Kier alpha value is -3.27. The van der Waals surface area contributed by atoms with Crippen molar-refractivity contribution >= 4 is 45.6 Å². The summed E-state index contributed by atoms with van der Waals surface area (Å²) in [5, 5.41) is 6.80. The van der Waals surface area contributed by atoms with Gasteiger partial charge in [0.15, 0.2) is 0 Å². The van der Waals surface area contributed by atoms with E-state index in [1.54, 1.807) is 12.1 Å². The number of nitrogens with one attached hydrogen (secondary N) is 2. The van der Waals surface area contributed by atoms with E-state index in [2.05, 4.69) is 25.5 Å². The predicted molar refractivity (Wildman–Crippen MR) is 142 cm³/mol. The first-order valence-corrected chi connectivity index (χ1v) is 12.8. The van der Waals surface area contributed by atoms with E-state index in [4.69, 9.17) is 21.1 Å². The zero-order valence-electron chi connectivity index (χ0n) is 20.5. The highest BCUT2D eigenvalue weighted by molar-refractivity contribution is 6.31. The SMILES string of the molecule is CN(C/C=C/C(=O)Nc1cc2c(Nc3ccc(F)c(Cl)c3)ncnc2cc1OC1CCC1)[C@@H]1CCOC1. The van der Waals surface area contributed by atoms with Gasteiger partial charge in [0.05, 0.1) is 28.9 Å². The van der Waals surface area contributed by atoms with Gasteiger partial charge in [-0.05, 0) is 57.0 Å². The number of aromatic nitrogens is 2. The first-order valence-electron chi connectivity index (χ1n) is 12.4. The maximum atomic E-state index is 13.6. The van der Waals surface area contributed by atoms with Crippen LogP contribution in [0.15, 0.2) is 48.8 Å². The van der Waals surface area contributed by atoms with Crippen molar-refractivity contribution in [2.45, 2.75) is 37.8 Å². The largest absolute Gasteiger partial charge is 0.488 e. The summed E-state index contributed by atoms with van der Waals surface area (Å²) in [5.41, 5.74) is 1.75. The van der Waals surface area contributed by atoms with Crippen molar-refractivity contribution in [3.8, 4) is 5.75 Å². The smallest absolute Gasteiger partial charge is 0.248 e. The summed E-state index contributed by atoms with van der Waals surface area (Å²) in [6.07, 6.45) is 9.01. The lowest BCUT2D eigenvalue weighted by atomic mass is 9.96. The Labute approximate surface area is 219 Å². The molecular formula is C27H29ClFN5O3. The average molecular weight is 526 g/mol. The van der Waals surface area contributed by atoms with Crippen LogP contribution in [-0.2, 0) is 9.53 Å². The number of carbonyl (C=O) groups excluding carboxylic acids is 1. The van der Waals surface area contributed by atoms with Crippen molar-refractivity contribution < 1.29 is 18.7 Å². The van der Waals surface area contributed by atoms with Crippen molar-refractivity contribution in [1.29, 1.82) is 0 Å². The molecule has 1 atom stereocenters. The standard InChI is InChI=1S/C27H29ClFN5O3/c1-34(18-9-11-36-15-18)10-3-6-26(35)33-24-13-20-23(14-25(24)37-19-4-2-5-19)30-16-31-27(20)32-17-7-8-22(29)21(28)12-17/h3,6-8,12-14,16,18-19H,2,4-5,9-11,15H2,1H3,(H,33,35)(H,30,31,32)/b6-3+/t18-/m1/s1. The van der Waals surface area contributed by atoms with Crippen LogP contribution in [0.4, 0.5) is 21.6 Å². The van der Waals surface area contributed by atoms with Gasteiger partial charge in [0.25, 0.3) is 0 Å². The second-order valence-electron chi connectivity index (χ2n) is 9.36. The fourth-order valence-corrected chi connectivity index (χ4v) is 4.46. The number of halogens is 2. The van der Waals surface area contributed by atoms with Gasteiger partial charge in [-0.15, -0.1) is 0 Å². The third-order valence-corrected chi connectivity index (χ3v) is 7.00. The van der Waals surface area contributed by atoms with E-state index < -0.39 is 5.82 Å². The van der Waals surface area contributed by atoms with Gasteiger partial charge in [-0.1, -0.05) is 17.7 Å². The fourth-order valence-electron chi connectivity index (χ4n) is 4.28. The third kappa shape index (κ3) is 6.18. The minimum absolute atomic E-state index is 0.00499. The van der Waals surface area contributed by atoms with Gasteiger partial charge >= 0.3 is 0 Å².